The summed E-state index contributed by atoms with van der Waals surface area (Å²) in [7, 11) is 0. The number of aromatic hydroxyl groups is 1. The van der Waals surface area contributed by atoms with E-state index in [-0.39, 0.29) is 5.75 Å². The van der Waals surface area contributed by atoms with Gasteiger partial charge in [-0.15, -0.1) is 10.2 Å². The van der Waals surface area contributed by atoms with Crippen molar-refractivity contribution in [2.24, 2.45) is 5.10 Å². The first-order chi connectivity index (χ1) is 9.54. The van der Waals surface area contributed by atoms with Crippen LogP contribution in [0.5, 0.6) is 5.75 Å². The highest BCUT2D eigenvalue weighted by Crippen LogP contribution is 2.34. The minimum absolute atomic E-state index is 0.179. The van der Waals surface area contributed by atoms with Gasteiger partial charge in [0.25, 0.3) is 0 Å². The van der Waals surface area contributed by atoms with Crippen molar-refractivity contribution in [3.63, 3.8) is 0 Å². The lowest BCUT2D eigenvalue weighted by Crippen LogP contribution is -2.07. The molecule has 0 fully saturated rings. The second-order valence-electron chi connectivity index (χ2n) is 4.34. The highest BCUT2D eigenvalue weighted by molar-refractivity contribution is 8.04. The molecule has 0 saturated heterocycles. The molecule has 1 N–H and O–H groups in total. The molecule has 1 aliphatic heterocycles. The number of aromatic nitrogens is 3. The minimum atomic E-state index is 0.179. The van der Waals surface area contributed by atoms with E-state index in [9.17, 15) is 5.11 Å². The number of nitrogens with zero attached hydrogens (tertiary/aromatic N) is 4. The molecule has 2 heterocycles. The average Bonchev–Trinajstić information content (AvgIpc) is 2.76. The Kier molecular flexibility index (Phi) is 3.27. The van der Waals surface area contributed by atoms with Crippen molar-refractivity contribution < 1.29 is 5.11 Å². The molecule has 5 nitrogen and oxygen atoms in total. The van der Waals surface area contributed by atoms with Crippen molar-refractivity contribution >= 4 is 35.2 Å². The maximum absolute atomic E-state index is 9.87. The lowest BCUT2D eigenvalue weighted by Gasteiger charge is -2.13. The van der Waals surface area contributed by atoms with E-state index in [0.29, 0.717) is 15.7 Å². The molecule has 20 heavy (non-hydrogen) atoms. The molecule has 0 radical (unpaired) electrons. The monoisotopic (exact) mass is 306 g/mol. The maximum Gasteiger partial charge on any atom is 0.216 e. The number of benzene rings is 1. The third-order valence-corrected chi connectivity index (χ3v) is 4.16. The van der Waals surface area contributed by atoms with E-state index in [4.69, 9.17) is 11.6 Å². The SMILES string of the molecule is CC1=Nn2c(C)nnc2SC1=Cc1cc(Cl)ccc1O. The molecular formula is C13H11ClN4OS. The van der Waals surface area contributed by atoms with Crippen LogP contribution < -0.4 is 0 Å². The number of hydrogen-bond donors (Lipinski definition) is 1. The van der Waals surface area contributed by atoms with Crippen LogP contribution in [0.4, 0.5) is 0 Å². The van der Waals surface area contributed by atoms with Gasteiger partial charge in [0, 0.05) is 15.5 Å². The number of phenols is 1. The molecule has 102 valence electrons. The van der Waals surface area contributed by atoms with Gasteiger partial charge >= 0.3 is 0 Å². The summed E-state index contributed by atoms with van der Waals surface area (Å²) in [5.41, 5.74) is 1.49. The van der Waals surface area contributed by atoms with E-state index in [2.05, 4.69) is 15.3 Å². The third-order valence-electron chi connectivity index (χ3n) is 2.85. The Bertz CT molecular complexity index is 751. The zero-order valence-corrected chi connectivity index (χ0v) is 12.4. The zero-order chi connectivity index (χ0) is 14.3. The first-order valence-corrected chi connectivity index (χ1v) is 7.10. The largest absolute Gasteiger partial charge is 0.507 e. The van der Waals surface area contributed by atoms with Crippen LogP contribution in [0.15, 0.2) is 33.4 Å². The van der Waals surface area contributed by atoms with Crippen LogP contribution in [0.25, 0.3) is 6.08 Å². The molecule has 0 atom stereocenters. The summed E-state index contributed by atoms with van der Waals surface area (Å²) >= 11 is 7.41. The van der Waals surface area contributed by atoms with Gasteiger partial charge in [0.1, 0.15) is 5.75 Å². The lowest BCUT2D eigenvalue weighted by molar-refractivity contribution is 0.474. The van der Waals surface area contributed by atoms with Crippen LogP contribution in [0.1, 0.15) is 18.3 Å². The van der Waals surface area contributed by atoms with Crippen molar-refractivity contribution in [3.8, 4) is 5.75 Å². The molecule has 0 saturated carbocycles. The van der Waals surface area contributed by atoms with Crippen LogP contribution in [0.2, 0.25) is 5.02 Å². The first-order valence-electron chi connectivity index (χ1n) is 5.90. The van der Waals surface area contributed by atoms with Crippen molar-refractivity contribution in [3.05, 3.63) is 39.5 Å². The second kappa shape index (κ2) is 4.96. The molecular weight excluding hydrogens is 296 g/mol. The van der Waals surface area contributed by atoms with Gasteiger partial charge in [0.15, 0.2) is 5.82 Å². The van der Waals surface area contributed by atoms with Gasteiger partial charge in [-0.3, -0.25) is 0 Å². The number of hydrogen-bond acceptors (Lipinski definition) is 5. The Morgan fingerprint density at radius 2 is 2.10 bits per heavy atom. The van der Waals surface area contributed by atoms with Gasteiger partial charge in [-0.2, -0.15) is 9.78 Å². The summed E-state index contributed by atoms with van der Waals surface area (Å²) in [5, 5.41) is 23.6. The fraction of sp³-hybridized carbons (Fsp3) is 0.154. The van der Waals surface area contributed by atoms with Gasteiger partial charge in [-0.05, 0) is 49.9 Å². The zero-order valence-electron chi connectivity index (χ0n) is 10.8. The fourth-order valence-corrected chi connectivity index (χ4v) is 2.90. The predicted octanol–water partition coefficient (Wildman–Crippen LogP) is 3.32. The standard InChI is InChI=1S/C13H11ClN4OS/c1-7-12(6-9-5-10(14)3-4-11(9)19)20-13-16-15-8(2)18(13)17-7/h3-6,19H,1-2H3. The molecule has 0 aliphatic carbocycles. The predicted molar refractivity (Wildman–Crippen MR) is 80.2 cm³/mol. The first kappa shape index (κ1) is 13.2. The summed E-state index contributed by atoms with van der Waals surface area (Å²) in [6, 6.07) is 4.93. The van der Waals surface area contributed by atoms with Gasteiger partial charge in [0.05, 0.1) is 5.71 Å². The fourth-order valence-electron chi connectivity index (χ4n) is 1.80. The van der Waals surface area contributed by atoms with Crippen LogP contribution in [0.3, 0.4) is 0 Å². The molecule has 1 aromatic heterocycles. The van der Waals surface area contributed by atoms with Crippen LogP contribution in [-0.4, -0.2) is 25.7 Å². The van der Waals surface area contributed by atoms with E-state index in [1.54, 1.807) is 22.9 Å². The lowest BCUT2D eigenvalue weighted by atomic mass is 10.1. The summed E-state index contributed by atoms with van der Waals surface area (Å²) in [5.74, 6) is 0.926. The Balaban J connectivity index is 2.04. The highest BCUT2D eigenvalue weighted by atomic mass is 35.5. The maximum atomic E-state index is 9.87. The molecule has 1 aliphatic rings. The van der Waals surface area contributed by atoms with Crippen molar-refractivity contribution in [2.75, 3.05) is 0 Å². The normalized spacial score (nSPS) is 16.1. The number of aryl methyl sites for hydroxylation is 1. The van der Waals surface area contributed by atoms with Crippen LogP contribution in [0, 0.1) is 6.92 Å². The Labute approximate surface area is 125 Å². The van der Waals surface area contributed by atoms with Crippen LogP contribution >= 0.6 is 23.4 Å². The van der Waals surface area contributed by atoms with Gasteiger partial charge < -0.3 is 5.11 Å². The topological polar surface area (TPSA) is 63.3 Å². The van der Waals surface area contributed by atoms with Crippen molar-refractivity contribution in [1.82, 2.24) is 14.9 Å². The number of thioether (sulfide) groups is 1. The molecule has 0 bridgehead atoms. The average molecular weight is 307 g/mol. The molecule has 0 unspecified atom stereocenters. The van der Waals surface area contributed by atoms with Crippen molar-refractivity contribution in [2.45, 2.75) is 19.0 Å². The molecule has 2 aromatic rings. The summed E-state index contributed by atoms with van der Waals surface area (Å²) in [6.45, 7) is 3.76. The highest BCUT2D eigenvalue weighted by Gasteiger charge is 2.19. The Hall–Kier alpha value is -1.79. The number of fused-ring (bicyclic) bond motifs is 1. The molecule has 0 spiro atoms. The van der Waals surface area contributed by atoms with Gasteiger partial charge in [-0.1, -0.05) is 11.6 Å². The molecule has 3 rings (SSSR count). The van der Waals surface area contributed by atoms with Gasteiger partial charge in [-0.25, -0.2) is 0 Å². The minimum Gasteiger partial charge on any atom is -0.507 e. The number of allylic oxidation sites excluding steroid dienone is 1. The number of halogens is 1. The van der Waals surface area contributed by atoms with E-state index in [0.717, 1.165) is 16.4 Å². The second-order valence-corrected chi connectivity index (χ2v) is 5.79. The van der Waals surface area contributed by atoms with E-state index < -0.39 is 0 Å². The molecule has 0 amide bonds. The van der Waals surface area contributed by atoms with E-state index in [1.807, 2.05) is 19.9 Å². The Morgan fingerprint density at radius 1 is 1.30 bits per heavy atom. The van der Waals surface area contributed by atoms with Gasteiger partial charge in [0.2, 0.25) is 5.16 Å². The number of phenolic OH excluding ortho intramolecular Hbond substituents is 1. The smallest absolute Gasteiger partial charge is 0.216 e. The van der Waals surface area contributed by atoms with E-state index >= 15 is 0 Å². The summed E-state index contributed by atoms with van der Waals surface area (Å²) in [4.78, 5) is 0.905. The summed E-state index contributed by atoms with van der Waals surface area (Å²) < 4.78 is 1.70. The van der Waals surface area contributed by atoms with Crippen molar-refractivity contribution in [1.29, 1.82) is 0 Å². The van der Waals surface area contributed by atoms with Crippen LogP contribution in [-0.2, 0) is 0 Å². The Morgan fingerprint density at radius 3 is 2.90 bits per heavy atom. The van der Waals surface area contributed by atoms with E-state index in [1.165, 1.54) is 11.8 Å². The third kappa shape index (κ3) is 2.32. The quantitative estimate of drug-likeness (QED) is 0.878. The number of rotatable bonds is 1. The summed E-state index contributed by atoms with van der Waals surface area (Å²) in [6.07, 6.45) is 1.85. The molecule has 7 heteroatoms. The molecule has 1 aromatic carbocycles.